The molecule has 0 N–H and O–H groups in total. The van der Waals surface area contributed by atoms with Gasteiger partial charge in [0.15, 0.2) is 0 Å². The van der Waals surface area contributed by atoms with Gasteiger partial charge in [-0.3, -0.25) is 9.80 Å². The zero-order valence-corrected chi connectivity index (χ0v) is 34.8. The molecule has 0 rings (SSSR count). The molecule has 0 radical (unpaired) electrons. The average molecular weight is 651 g/mol. The summed E-state index contributed by atoms with van der Waals surface area (Å²) < 4.78 is 0. The maximum Gasteiger partial charge on any atom is 0.0186 e. The van der Waals surface area contributed by atoms with Crippen molar-refractivity contribution in [3.05, 3.63) is 0 Å². The predicted molar refractivity (Wildman–Crippen MR) is 210 cm³/mol. The van der Waals surface area contributed by atoms with Gasteiger partial charge in [0.05, 0.1) is 0 Å². The van der Waals surface area contributed by atoms with Gasteiger partial charge in [-0.1, -0.05) is 67.2 Å². The largest absolute Gasteiger partial charge is 0.303 e. The molecule has 0 heterocycles. The molecular formula is C42H90N4. The summed E-state index contributed by atoms with van der Waals surface area (Å²) in [5.74, 6) is 2.21. The van der Waals surface area contributed by atoms with Crippen molar-refractivity contribution in [2.24, 2.45) is 17.8 Å². The third-order valence-electron chi connectivity index (χ3n) is 10.3. The van der Waals surface area contributed by atoms with Crippen molar-refractivity contribution in [3.63, 3.8) is 0 Å². The quantitative estimate of drug-likeness (QED) is 0.0747. The molecule has 0 saturated carbocycles. The van der Waals surface area contributed by atoms with E-state index in [1.165, 1.54) is 129 Å². The van der Waals surface area contributed by atoms with Gasteiger partial charge in [-0.2, -0.15) is 0 Å². The molecule has 0 fully saturated rings. The molecule has 0 aromatic rings. The van der Waals surface area contributed by atoms with Crippen molar-refractivity contribution in [2.75, 3.05) is 52.4 Å². The molecule has 0 spiro atoms. The molecule has 278 valence electrons. The summed E-state index contributed by atoms with van der Waals surface area (Å²) in [7, 11) is 0. The number of hydrogen-bond acceptors (Lipinski definition) is 4. The summed E-state index contributed by atoms with van der Waals surface area (Å²) in [5.41, 5.74) is 0.355. The van der Waals surface area contributed by atoms with Crippen LogP contribution in [0.4, 0.5) is 0 Å². The van der Waals surface area contributed by atoms with E-state index in [1.807, 2.05) is 0 Å². The van der Waals surface area contributed by atoms with Crippen LogP contribution in [0.2, 0.25) is 0 Å². The Labute approximate surface area is 293 Å². The Balaban J connectivity index is 5.65. The van der Waals surface area contributed by atoms with Crippen LogP contribution >= 0.6 is 0 Å². The highest BCUT2D eigenvalue weighted by Crippen LogP contribution is 2.37. The third-order valence-corrected chi connectivity index (χ3v) is 10.3. The molecule has 0 aliphatic heterocycles. The van der Waals surface area contributed by atoms with E-state index >= 15 is 0 Å². The molecule has 46 heavy (non-hydrogen) atoms. The summed E-state index contributed by atoms with van der Waals surface area (Å²) in [5, 5.41) is 0. The summed E-state index contributed by atoms with van der Waals surface area (Å²) >= 11 is 0. The maximum absolute atomic E-state index is 2.92. The number of hydrogen-bond donors (Lipinski definition) is 0. The fraction of sp³-hybridized carbons (Fsp3) is 1.00. The Hall–Kier alpha value is -0.160. The summed E-state index contributed by atoms with van der Waals surface area (Å²) in [6.07, 6.45) is 16.0. The molecule has 0 aliphatic carbocycles. The monoisotopic (exact) mass is 651 g/mol. The van der Waals surface area contributed by atoms with Crippen LogP contribution in [0.15, 0.2) is 0 Å². The maximum atomic E-state index is 2.92. The van der Waals surface area contributed by atoms with E-state index in [0.717, 1.165) is 17.8 Å². The first-order valence-electron chi connectivity index (χ1n) is 20.4. The Bertz CT molecular complexity index is 666. The standard InChI is InChI=1S/C42H90N4/c1-16-18-28-43(29-19-17-2)30-22-20-26-40(27-21-23-32-45(38(7)8)39(9)10)42(14,15)46(41(11,12)13)33-25-24-31-44(34-36(3)4)35-37(5)6/h36-40H,16-35H2,1-15H3. The molecule has 0 amide bonds. The van der Waals surface area contributed by atoms with Gasteiger partial charge >= 0.3 is 0 Å². The van der Waals surface area contributed by atoms with Gasteiger partial charge in [-0.25, -0.2) is 0 Å². The minimum atomic E-state index is 0.167. The van der Waals surface area contributed by atoms with Crippen molar-refractivity contribution in [1.29, 1.82) is 0 Å². The van der Waals surface area contributed by atoms with Crippen LogP contribution in [-0.2, 0) is 0 Å². The molecule has 1 unspecified atom stereocenters. The Morgan fingerprint density at radius 3 is 1.26 bits per heavy atom. The minimum absolute atomic E-state index is 0.167. The molecule has 0 saturated heterocycles. The lowest BCUT2D eigenvalue weighted by molar-refractivity contribution is -0.0199. The predicted octanol–water partition coefficient (Wildman–Crippen LogP) is 11.2. The van der Waals surface area contributed by atoms with E-state index in [0.29, 0.717) is 12.1 Å². The number of unbranched alkanes of at least 4 members (excludes halogenated alkanes) is 5. The van der Waals surface area contributed by atoms with Gasteiger partial charge in [0.25, 0.3) is 0 Å². The Morgan fingerprint density at radius 1 is 0.457 bits per heavy atom. The van der Waals surface area contributed by atoms with E-state index < -0.39 is 0 Å². The molecule has 0 aliphatic rings. The van der Waals surface area contributed by atoms with Crippen LogP contribution in [0, 0.1) is 17.8 Å². The van der Waals surface area contributed by atoms with Crippen molar-refractivity contribution in [1.82, 2.24) is 19.6 Å². The second-order valence-corrected chi connectivity index (χ2v) is 17.9. The van der Waals surface area contributed by atoms with Crippen molar-refractivity contribution in [2.45, 2.75) is 204 Å². The highest BCUT2D eigenvalue weighted by molar-refractivity contribution is 4.95. The first-order valence-corrected chi connectivity index (χ1v) is 20.4. The molecule has 0 aromatic carbocycles. The van der Waals surface area contributed by atoms with Crippen LogP contribution in [0.5, 0.6) is 0 Å². The SMILES string of the molecule is CCCCN(CCCC)CCCCC(CCCCN(C(C)C)C(C)C)C(C)(C)N(CCCCN(CC(C)C)CC(C)C)C(C)(C)C. The Kier molecular flexibility index (Phi) is 24.8. The van der Waals surface area contributed by atoms with E-state index in [9.17, 15) is 0 Å². The van der Waals surface area contributed by atoms with Crippen LogP contribution < -0.4 is 0 Å². The summed E-state index contributed by atoms with van der Waals surface area (Å²) in [6.45, 7) is 46.2. The number of nitrogens with zero attached hydrogens (tertiary/aromatic N) is 4. The molecule has 0 bridgehead atoms. The second kappa shape index (κ2) is 24.9. The molecule has 4 heteroatoms. The molecule has 0 aromatic heterocycles. The van der Waals surface area contributed by atoms with E-state index in [4.69, 9.17) is 0 Å². The average Bonchev–Trinajstić information content (AvgIpc) is 2.92. The molecular weight excluding hydrogens is 560 g/mol. The Morgan fingerprint density at radius 2 is 0.848 bits per heavy atom. The topological polar surface area (TPSA) is 13.0 Å². The van der Waals surface area contributed by atoms with Crippen molar-refractivity contribution in [3.8, 4) is 0 Å². The van der Waals surface area contributed by atoms with Gasteiger partial charge in [-0.05, 0) is 171 Å². The van der Waals surface area contributed by atoms with E-state index in [1.54, 1.807) is 0 Å². The van der Waals surface area contributed by atoms with Crippen LogP contribution in [0.1, 0.15) is 181 Å². The van der Waals surface area contributed by atoms with Gasteiger partial charge in [0, 0.05) is 36.3 Å². The van der Waals surface area contributed by atoms with Gasteiger partial charge in [0.1, 0.15) is 0 Å². The van der Waals surface area contributed by atoms with Crippen LogP contribution in [-0.4, -0.2) is 95.1 Å². The molecule has 1 atom stereocenters. The first-order chi connectivity index (χ1) is 21.5. The minimum Gasteiger partial charge on any atom is -0.303 e. The molecule has 4 nitrogen and oxygen atoms in total. The van der Waals surface area contributed by atoms with Gasteiger partial charge < -0.3 is 9.80 Å². The number of rotatable bonds is 29. The fourth-order valence-electron chi connectivity index (χ4n) is 8.08. The highest BCUT2D eigenvalue weighted by atomic mass is 15.2. The summed E-state index contributed by atoms with van der Waals surface area (Å²) in [6, 6.07) is 1.26. The lowest BCUT2D eigenvalue weighted by atomic mass is 9.76. The second-order valence-electron chi connectivity index (χ2n) is 17.9. The summed E-state index contributed by atoms with van der Waals surface area (Å²) in [4.78, 5) is 11.1. The fourth-order valence-corrected chi connectivity index (χ4v) is 8.08. The van der Waals surface area contributed by atoms with Gasteiger partial charge in [-0.15, -0.1) is 0 Å². The van der Waals surface area contributed by atoms with E-state index in [2.05, 4.69) is 123 Å². The van der Waals surface area contributed by atoms with Crippen LogP contribution in [0.3, 0.4) is 0 Å². The lowest BCUT2D eigenvalue weighted by Gasteiger charge is -2.51. The highest BCUT2D eigenvalue weighted by Gasteiger charge is 2.39. The lowest BCUT2D eigenvalue weighted by Crippen LogP contribution is -2.58. The van der Waals surface area contributed by atoms with Crippen molar-refractivity contribution < 1.29 is 0 Å². The van der Waals surface area contributed by atoms with Gasteiger partial charge in [0.2, 0.25) is 0 Å². The zero-order valence-electron chi connectivity index (χ0n) is 34.8. The smallest absolute Gasteiger partial charge is 0.0186 e. The normalized spacial score (nSPS) is 14.2. The zero-order chi connectivity index (χ0) is 35.3. The van der Waals surface area contributed by atoms with Crippen molar-refractivity contribution >= 4 is 0 Å². The third kappa shape index (κ3) is 20.4. The van der Waals surface area contributed by atoms with Crippen LogP contribution in [0.25, 0.3) is 0 Å². The van der Waals surface area contributed by atoms with E-state index in [-0.39, 0.29) is 11.1 Å². The first kappa shape index (κ1) is 45.8.